The number of hydrogen-bond acceptors (Lipinski definition) is 5. The predicted molar refractivity (Wildman–Crippen MR) is 97.4 cm³/mol. The van der Waals surface area contributed by atoms with Gasteiger partial charge in [0.25, 0.3) is 0 Å². The summed E-state index contributed by atoms with van der Waals surface area (Å²) in [6, 6.07) is 12.9. The molecule has 122 valence electrons. The first-order valence-corrected chi connectivity index (χ1v) is 8.43. The minimum absolute atomic E-state index is 0.369. The summed E-state index contributed by atoms with van der Waals surface area (Å²) in [5.41, 5.74) is 0.982. The first kappa shape index (κ1) is 14.9. The molecule has 1 aliphatic heterocycles. The number of pyridine rings is 1. The van der Waals surface area contributed by atoms with Gasteiger partial charge in [0, 0.05) is 42.5 Å². The van der Waals surface area contributed by atoms with Crippen LogP contribution in [0.3, 0.4) is 0 Å². The first-order valence-electron chi connectivity index (χ1n) is 8.43. The van der Waals surface area contributed by atoms with Crippen molar-refractivity contribution in [3.8, 4) is 0 Å². The lowest BCUT2D eigenvalue weighted by atomic mass is 10.0. The van der Waals surface area contributed by atoms with E-state index >= 15 is 0 Å². The van der Waals surface area contributed by atoms with Crippen molar-refractivity contribution in [2.24, 2.45) is 0 Å². The Labute approximate surface area is 141 Å². The van der Waals surface area contributed by atoms with Crippen LogP contribution in [0.4, 0.5) is 11.6 Å². The number of hydrogen-bond donors (Lipinski definition) is 1. The monoisotopic (exact) mass is 319 g/mol. The zero-order chi connectivity index (χ0) is 16.4. The second kappa shape index (κ2) is 6.43. The van der Waals surface area contributed by atoms with Crippen molar-refractivity contribution in [2.45, 2.75) is 25.8 Å². The van der Waals surface area contributed by atoms with E-state index in [1.54, 1.807) is 6.33 Å². The van der Waals surface area contributed by atoms with Crippen molar-refractivity contribution in [3.63, 3.8) is 0 Å². The molecule has 2 aromatic heterocycles. The van der Waals surface area contributed by atoms with Crippen LogP contribution in [0, 0.1) is 6.92 Å². The fourth-order valence-electron chi connectivity index (χ4n) is 3.39. The minimum atomic E-state index is 0.369. The molecule has 0 aliphatic carbocycles. The average Bonchev–Trinajstić information content (AvgIpc) is 2.61. The molecule has 4 rings (SSSR count). The molecule has 1 N–H and O–H groups in total. The molecule has 1 saturated heterocycles. The van der Waals surface area contributed by atoms with Crippen molar-refractivity contribution in [1.29, 1.82) is 0 Å². The molecule has 1 fully saturated rings. The Balaban J connectivity index is 1.56. The highest BCUT2D eigenvalue weighted by Crippen LogP contribution is 2.27. The first-order chi connectivity index (χ1) is 11.8. The summed E-state index contributed by atoms with van der Waals surface area (Å²) in [6.07, 6.45) is 5.81. The van der Waals surface area contributed by atoms with Crippen molar-refractivity contribution in [2.75, 3.05) is 23.3 Å². The third kappa shape index (κ3) is 3.02. The molecule has 1 unspecified atom stereocenters. The van der Waals surface area contributed by atoms with E-state index in [9.17, 15) is 0 Å². The van der Waals surface area contributed by atoms with Crippen molar-refractivity contribution >= 4 is 22.4 Å². The van der Waals surface area contributed by atoms with Gasteiger partial charge in [-0.25, -0.2) is 15.0 Å². The fourth-order valence-corrected chi connectivity index (χ4v) is 3.39. The Morgan fingerprint density at radius 1 is 1.12 bits per heavy atom. The molecule has 3 aromatic rings. The van der Waals surface area contributed by atoms with Crippen LogP contribution in [-0.4, -0.2) is 34.1 Å². The lowest BCUT2D eigenvalue weighted by Crippen LogP contribution is -2.42. The molecule has 1 aliphatic rings. The van der Waals surface area contributed by atoms with Crippen LogP contribution >= 0.6 is 0 Å². The molecule has 0 radical (unpaired) electrons. The molecule has 1 aromatic carbocycles. The zero-order valence-electron chi connectivity index (χ0n) is 13.8. The summed E-state index contributed by atoms with van der Waals surface area (Å²) in [6.45, 7) is 3.96. The van der Waals surface area contributed by atoms with Crippen LogP contribution in [0.5, 0.6) is 0 Å². The van der Waals surface area contributed by atoms with Gasteiger partial charge >= 0.3 is 0 Å². The number of anilines is 2. The second-order valence-corrected chi connectivity index (χ2v) is 6.33. The molecular formula is C19H21N5. The molecule has 5 nitrogen and oxygen atoms in total. The van der Waals surface area contributed by atoms with Crippen LogP contribution < -0.4 is 10.2 Å². The van der Waals surface area contributed by atoms with Crippen molar-refractivity contribution in [3.05, 3.63) is 54.6 Å². The highest BCUT2D eigenvalue weighted by molar-refractivity contribution is 5.92. The zero-order valence-corrected chi connectivity index (χ0v) is 13.8. The van der Waals surface area contributed by atoms with Crippen LogP contribution in [0.1, 0.15) is 18.5 Å². The predicted octanol–water partition coefficient (Wildman–Crippen LogP) is 3.41. The maximum Gasteiger partial charge on any atom is 0.136 e. The smallest absolute Gasteiger partial charge is 0.136 e. The standard InChI is InChI=1S/C19H21N5/c1-14-11-18(22-13-21-14)23-16-6-4-10-24(12-16)19-17-7-3-2-5-15(17)8-9-20-19/h2-3,5,7-9,11,13,16H,4,6,10,12H2,1H3,(H,21,22,23). The molecule has 5 heteroatoms. The fraction of sp³-hybridized carbons (Fsp3) is 0.316. The summed E-state index contributed by atoms with van der Waals surface area (Å²) in [5.74, 6) is 1.98. The Morgan fingerprint density at radius 2 is 2.04 bits per heavy atom. The normalized spacial score (nSPS) is 17.9. The summed E-state index contributed by atoms with van der Waals surface area (Å²) in [4.78, 5) is 15.5. The molecule has 0 spiro atoms. The van der Waals surface area contributed by atoms with Crippen LogP contribution in [-0.2, 0) is 0 Å². The Hall–Kier alpha value is -2.69. The van der Waals surface area contributed by atoms with Gasteiger partial charge in [-0.05, 0) is 31.2 Å². The number of nitrogens with one attached hydrogen (secondary N) is 1. The van der Waals surface area contributed by atoms with E-state index in [0.717, 1.165) is 43.3 Å². The van der Waals surface area contributed by atoms with Gasteiger partial charge in [0.05, 0.1) is 0 Å². The molecule has 1 atom stereocenters. The molecule has 3 heterocycles. The van der Waals surface area contributed by atoms with Gasteiger partial charge in [-0.1, -0.05) is 24.3 Å². The Morgan fingerprint density at radius 3 is 2.96 bits per heavy atom. The SMILES string of the molecule is Cc1cc(NC2CCCN(c3nccc4ccccc34)C2)ncn1. The quantitative estimate of drug-likeness (QED) is 0.802. The summed E-state index contributed by atoms with van der Waals surface area (Å²) >= 11 is 0. The highest BCUT2D eigenvalue weighted by Gasteiger charge is 2.22. The summed E-state index contributed by atoms with van der Waals surface area (Å²) < 4.78 is 0. The van der Waals surface area contributed by atoms with E-state index in [1.807, 2.05) is 19.2 Å². The van der Waals surface area contributed by atoms with Gasteiger partial charge in [-0.2, -0.15) is 0 Å². The van der Waals surface area contributed by atoms with E-state index in [1.165, 1.54) is 10.8 Å². The maximum atomic E-state index is 4.66. The largest absolute Gasteiger partial charge is 0.365 e. The van der Waals surface area contributed by atoms with E-state index in [2.05, 4.69) is 55.5 Å². The van der Waals surface area contributed by atoms with Crippen molar-refractivity contribution < 1.29 is 0 Å². The third-order valence-electron chi connectivity index (χ3n) is 4.53. The van der Waals surface area contributed by atoms with Crippen molar-refractivity contribution in [1.82, 2.24) is 15.0 Å². The second-order valence-electron chi connectivity index (χ2n) is 6.33. The molecule has 0 amide bonds. The van der Waals surface area contributed by atoms with Gasteiger partial charge in [-0.3, -0.25) is 0 Å². The van der Waals surface area contributed by atoms with Crippen LogP contribution in [0.2, 0.25) is 0 Å². The molecular weight excluding hydrogens is 298 g/mol. The number of benzene rings is 1. The van der Waals surface area contributed by atoms with Crippen LogP contribution in [0.25, 0.3) is 10.8 Å². The van der Waals surface area contributed by atoms with Gasteiger partial charge in [0.1, 0.15) is 18.0 Å². The lowest BCUT2D eigenvalue weighted by molar-refractivity contribution is 0.526. The number of piperidine rings is 1. The number of nitrogens with zero attached hydrogens (tertiary/aromatic N) is 4. The van der Waals surface area contributed by atoms with Crippen LogP contribution in [0.15, 0.2) is 48.9 Å². The lowest BCUT2D eigenvalue weighted by Gasteiger charge is -2.34. The van der Waals surface area contributed by atoms with E-state index in [-0.39, 0.29) is 0 Å². The average molecular weight is 319 g/mol. The van der Waals surface area contributed by atoms with Gasteiger partial charge in [0.2, 0.25) is 0 Å². The molecule has 0 bridgehead atoms. The van der Waals surface area contributed by atoms with E-state index in [0.29, 0.717) is 6.04 Å². The summed E-state index contributed by atoms with van der Waals surface area (Å²) in [7, 11) is 0. The highest BCUT2D eigenvalue weighted by atomic mass is 15.2. The van der Waals surface area contributed by atoms with E-state index in [4.69, 9.17) is 0 Å². The number of fused-ring (bicyclic) bond motifs is 1. The Bertz CT molecular complexity index is 843. The maximum absolute atomic E-state index is 4.66. The molecule has 0 saturated carbocycles. The minimum Gasteiger partial charge on any atom is -0.365 e. The molecule has 24 heavy (non-hydrogen) atoms. The van der Waals surface area contributed by atoms with E-state index < -0.39 is 0 Å². The number of rotatable bonds is 3. The van der Waals surface area contributed by atoms with Gasteiger partial charge in [0.15, 0.2) is 0 Å². The van der Waals surface area contributed by atoms with Gasteiger partial charge < -0.3 is 10.2 Å². The topological polar surface area (TPSA) is 53.9 Å². The van der Waals surface area contributed by atoms with Gasteiger partial charge in [-0.15, -0.1) is 0 Å². The third-order valence-corrected chi connectivity index (χ3v) is 4.53. The Kier molecular flexibility index (Phi) is 3.99. The number of aromatic nitrogens is 3. The summed E-state index contributed by atoms with van der Waals surface area (Å²) in [5, 5.41) is 6.01. The number of aryl methyl sites for hydroxylation is 1.